The highest BCUT2D eigenvalue weighted by Gasteiger charge is 2.31. The molecule has 17 heteroatoms. The van der Waals surface area contributed by atoms with Crippen molar-refractivity contribution in [3.05, 3.63) is 65.7 Å². The van der Waals surface area contributed by atoms with E-state index in [1.165, 1.54) is 16.9 Å². The Morgan fingerprint density at radius 2 is 1.75 bits per heavy atom. The lowest BCUT2D eigenvalue weighted by Crippen LogP contribution is -2.48. The number of aromatic nitrogens is 5. The van der Waals surface area contributed by atoms with Gasteiger partial charge in [-0.1, -0.05) is 12.1 Å². The summed E-state index contributed by atoms with van der Waals surface area (Å²) >= 11 is 0. The third kappa shape index (κ3) is 8.24. The van der Waals surface area contributed by atoms with E-state index in [2.05, 4.69) is 47.7 Å². The van der Waals surface area contributed by atoms with Crippen molar-refractivity contribution in [2.75, 3.05) is 60.9 Å². The summed E-state index contributed by atoms with van der Waals surface area (Å²) in [5.41, 5.74) is 7.88. The van der Waals surface area contributed by atoms with Crippen molar-refractivity contribution in [3.8, 4) is 0 Å². The Hall–Kier alpha value is -5.03. The Bertz CT molecular complexity index is 2030. The third-order valence-corrected chi connectivity index (χ3v) is 11.9. The minimum Gasteiger partial charge on any atom is -0.369 e. The van der Waals surface area contributed by atoms with Crippen molar-refractivity contribution < 1.29 is 27.6 Å². The van der Waals surface area contributed by atoms with Crippen molar-refractivity contribution in [1.82, 2.24) is 34.6 Å². The summed E-state index contributed by atoms with van der Waals surface area (Å²) in [5.74, 6) is -0.353. The molecule has 4 fully saturated rings. The summed E-state index contributed by atoms with van der Waals surface area (Å²) < 4.78 is 45.7. The summed E-state index contributed by atoms with van der Waals surface area (Å²) in [6.07, 6.45) is 6.30. The molecule has 3 saturated heterocycles. The van der Waals surface area contributed by atoms with Gasteiger partial charge in [0.1, 0.15) is 17.6 Å². The van der Waals surface area contributed by atoms with Crippen molar-refractivity contribution in [1.29, 1.82) is 0 Å². The van der Waals surface area contributed by atoms with Gasteiger partial charge in [0.05, 0.1) is 30.4 Å². The molecular formula is C39H48F3N11O3. The minimum atomic E-state index is -2.88. The van der Waals surface area contributed by atoms with Crippen LogP contribution in [-0.2, 0) is 9.59 Å². The number of benzene rings is 1. The van der Waals surface area contributed by atoms with Gasteiger partial charge in [-0.3, -0.25) is 29.3 Å². The minimum absolute atomic E-state index is 0.0456. The fourth-order valence-electron chi connectivity index (χ4n) is 8.72. The molecule has 0 spiro atoms. The maximum absolute atomic E-state index is 14.2. The second-order valence-electron chi connectivity index (χ2n) is 15.7. The third-order valence-electron chi connectivity index (χ3n) is 11.9. The number of imide groups is 1. The number of halogens is 3. The van der Waals surface area contributed by atoms with E-state index >= 15 is 0 Å². The lowest BCUT2D eigenvalue weighted by Gasteiger charge is -2.37. The van der Waals surface area contributed by atoms with Crippen LogP contribution in [0.1, 0.15) is 91.4 Å². The Labute approximate surface area is 322 Å². The van der Waals surface area contributed by atoms with Crippen LogP contribution in [0.2, 0.25) is 0 Å². The van der Waals surface area contributed by atoms with E-state index in [1.807, 2.05) is 12.1 Å². The summed E-state index contributed by atoms with van der Waals surface area (Å²) in [6, 6.07) is 9.43. The molecule has 3 amide bonds. The number of piperidine rings is 2. The molecule has 3 atom stereocenters. The van der Waals surface area contributed by atoms with Crippen LogP contribution in [0, 0.1) is 5.92 Å². The first-order valence-corrected chi connectivity index (χ1v) is 19.7. The fourth-order valence-corrected chi connectivity index (χ4v) is 8.72. The molecule has 1 saturated carbocycles. The van der Waals surface area contributed by atoms with Crippen LogP contribution in [-0.4, -0.2) is 105 Å². The van der Waals surface area contributed by atoms with Gasteiger partial charge < -0.3 is 20.9 Å². The van der Waals surface area contributed by atoms with E-state index in [0.717, 1.165) is 76.1 Å². The van der Waals surface area contributed by atoms with Gasteiger partial charge in [-0.25, -0.2) is 22.7 Å². The van der Waals surface area contributed by atoms with Crippen LogP contribution in [0.15, 0.2) is 48.9 Å². The first kappa shape index (κ1) is 37.9. The molecule has 1 aliphatic carbocycles. The van der Waals surface area contributed by atoms with Crippen LogP contribution in [0.4, 0.5) is 30.4 Å². The number of nitrogens with two attached hydrogens (primary N) is 1. The van der Waals surface area contributed by atoms with Gasteiger partial charge >= 0.3 is 0 Å². The second kappa shape index (κ2) is 16.2. The standard InChI is InChI=1S/C39H48F3N11O3/c40-26-19-27(43)22-51(21-26)33-12-14-52-37(46-33)31(20-44-52)39(56)45-32-23-53(48-35(32)36(41)42)29-5-1-24(2-6-29)11-13-49-15-17-50(18-16-49)28-7-3-25(4-8-28)30-9-10-34(54)47-38(30)55/h3-4,7-8,12,14,20,23-24,26-27,29-30,36H,1-2,5-6,9-11,13,15-19,21-22,43H2,(H,45,56)(H,47,54,55)/t24?,26-,27-,29?,30?/m1/s1. The van der Waals surface area contributed by atoms with E-state index in [9.17, 15) is 27.6 Å². The van der Waals surface area contributed by atoms with Gasteiger partial charge in [0.15, 0.2) is 11.3 Å². The number of alkyl halides is 3. The molecule has 298 valence electrons. The van der Waals surface area contributed by atoms with Gasteiger partial charge in [0, 0.05) is 63.3 Å². The molecule has 4 aliphatic rings. The lowest BCUT2D eigenvalue weighted by atomic mass is 9.84. The van der Waals surface area contributed by atoms with E-state index in [0.29, 0.717) is 31.1 Å². The van der Waals surface area contributed by atoms with Gasteiger partial charge in [0.2, 0.25) is 11.8 Å². The summed E-state index contributed by atoms with van der Waals surface area (Å²) in [6.45, 7) is 5.32. The molecule has 3 aliphatic heterocycles. The number of amides is 3. The Balaban J connectivity index is 0.818. The first-order valence-electron chi connectivity index (χ1n) is 19.7. The highest BCUT2D eigenvalue weighted by Crippen LogP contribution is 2.36. The molecule has 4 N–H and O–H groups in total. The number of nitrogens with one attached hydrogen (secondary N) is 2. The number of piperazine rings is 1. The Morgan fingerprint density at radius 1 is 0.982 bits per heavy atom. The number of anilines is 3. The van der Waals surface area contributed by atoms with E-state index in [-0.39, 0.29) is 59.7 Å². The number of carbonyl (C=O) groups excluding carboxylic acids is 3. The average molecular weight is 776 g/mol. The zero-order chi connectivity index (χ0) is 38.9. The maximum Gasteiger partial charge on any atom is 0.284 e. The van der Waals surface area contributed by atoms with Gasteiger partial charge in [0.25, 0.3) is 12.3 Å². The number of fused-ring (bicyclic) bond motifs is 1. The monoisotopic (exact) mass is 775 g/mol. The summed E-state index contributed by atoms with van der Waals surface area (Å²) in [5, 5.41) is 13.5. The average Bonchev–Trinajstić information content (AvgIpc) is 3.82. The molecule has 6 heterocycles. The normalized spacial score (nSPS) is 25.2. The molecule has 56 heavy (non-hydrogen) atoms. The second-order valence-corrected chi connectivity index (χ2v) is 15.7. The predicted molar refractivity (Wildman–Crippen MR) is 204 cm³/mol. The largest absolute Gasteiger partial charge is 0.369 e. The molecule has 3 aromatic heterocycles. The van der Waals surface area contributed by atoms with Crippen molar-refractivity contribution >= 4 is 40.6 Å². The number of rotatable bonds is 10. The van der Waals surface area contributed by atoms with Crippen molar-refractivity contribution in [3.63, 3.8) is 0 Å². The van der Waals surface area contributed by atoms with E-state index < -0.39 is 24.2 Å². The molecule has 0 bridgehead atoms. The molecule has 0 radical (unpaired) electrons. The number of hydrogen-bond acceptors (Lipinski definition) is 10. The molecule has 4 aromatic rings. The smallest absolute Gasteiger partial charge is 0.284 e. The van der Waals surface area contributed by atoms with Gasteiger partial charge in [-0.15, -0.1) is 0 Å². The predicted octanol–water partition coefficient (Wildman–Crippen LogP) is 4.46. The van der Waals surface area contributed by atoms with E-state index in [1.54, 1.807) is 21.8 Å². The SMILES string of the molecule is N[C@@H]1C[C@@H](F)CN(c2ccn3ncc(C(=O)Nc4cn(C5CCC(CCN6CCN(c7ccc(C8CCC(=O)NC8=O)cc7)CC6)CC5)nc4C(F)F)c3n2)C1. The zero-order valence-electron chi connectivity index (χ0n) is 31.2. The topological polar surface area (TPSA) is 159 Å². The quantitative estimate of drug-likeness (QED) is 0.197. The van der Waals surface area contributed by atoms with Crippen LogP contribution >= 0.6 is 0 Å². The van der Waals surface area contributed by atoms with Crippen molar-refractivity contribution in [2.45, 2.75) is 82.0 Å². The number of hydrogen-bond donors (Lipinski definition) is 3. The highest BCUT2D eigenvalue weighted by molar-refractivity contribution is 6.08. The molecule has 8 rings (SSSR count). The van der Waals surface area contributed by atoms with Crippen LogP contribution in [0.5, 0.6) is 0 Å². The highest BCUT2D eigenvalue weighted by atomic mass is 19.3. The lowest BCUT2D eigenvalue weighted by molar-refractivity contribution is -0.134. The Kier molecular flexibility index (Phi) is 11.0. The molecular weight excluding hydrogens is 727 g/mol. The number of nitrogens with zero attached hydrogens (tertiary/aromatic N) is 8. The molecule has 1 unspecified atom stereocenters. The molecule has 14 nitrogen and oxygen atoms in total. The maximum atomic E-state index is 14.2. The van der Waals surface area contributed by atoms with Crippen LogP contribution in [0.3, 0.4) is 0 Å². The fraction of sp³-hybridized carbons (Fsp3) is 0.538. The summed E-state index contributed by atoms with van der Waals surface area (Å²) in [4.78, 5) is 48.4. The van der Waals surface area contributed by atoms with Gasteiger partial charge in [-0.2, -0.15) is 10.2 Å². The zero-order valence-corrected chi connectivity index (χ0v) is 31.2. The Morgan fingerprint density at radius 3 is 2.46 bits per heavy atom. The molecule has 1 aromatic carbocycles. The number of carbonyl (C=O) groups is 3. The van der Waals surface area contributed by atoms with Crippen molar-refractivity contribution in [2.24, 2.45) is 11.7 Å². The van der Waals surface area contributed by atoms with E-state index in [4.69, 9.17) is 5.73 Å². The van der Waals surface area contributed by atoms with Crippen LogP contribution < -0.4 is 26.2 Å². The first-order chi connectivity index (χ1) is 27.1. The van der Waals surface area contributed by atoms with Crippen LogP contribution in [0.25, 0.3) is 5.65 Å². The van der Waals surface area contributed by atoms with Gasteiger partial charge in [-0.05, 0) is 81.2 Å². The summed E-state index contributed by atoms with van der Waals surface area (Å²) in [7, 11) is 0.